The molecule has 38 heavy (non-hydrogen) atoms. The number of hydrogen-bond donors (Lipinski definition) is 1. The Kier molecular flexibility index (Phi) is 5.96. The van der Waals surface area contributed by atoms with Crippen LogP contribution in [0.3, 0.4) is 0 Å². The topological polar surface area (TPSA) is 188 Å². The quantitative estimate of drug-likeness (QED) is 0.238. The van der Waals surface area contributed by atoms with Crippen molar-refractivity contribution in [1.29, 1.82) is 0 Å². The van der Waals surface area contributed by atoms with Gasteiger partial charge in [-0.05, 0) is 43.3 Å². The van der Waals surface area contributed by atoms with Gasteiger partial charge in [0, 0.05) is 41.3 Å². The number of pyridine rings is 1. The zero-order valence-electron chi connectivity index (χ0n) is 19.4. The summed E-state index contributed by atoms with van der Waals surface area (Å²) in [6.45, 7) is 1.18. The van der Waals surface area contributed by atoms with Crippen molar-refractivity contribution in [2.45, 2.75) is 11.8 Å². The first-order valence-electron chi connectivity index (χ1n) is 10.8. The van der Waals surface area contributed by atoms with E-state index in [-0.39, 0.29) is 11.3 Å². The Morgan fingerprint density at radius 2 is 1.55 bits per heavy atom. The number of nitrogens with one attached hydrogen (secondary N) is 1. The van der Waals surface area contributed by atoms with Crippen LogP contribution in [0.4, 0.5) is 17.1 Å². The van der Waals surface area contributed by atoms with Crippen LogP contribution in [0.5, 0.6) is 0 Å². The first kappa shape index (κ1) is 24.4. The number of hydrogen-bond acceptors (Lipinski definition) is 10. The third kappa shape index (κ3) is 4.48. The highest BCUT2D eigenvalue weighted by atomic mass is 32.2. The summed E-state index contributed by atoms with van der Waals surface area (Å²) in [7, 11) is -4.42. The maximum absolute atomic E-state index is 13.1. The van der Waals surface area contributed by atoms with E-state index in [2.05, 4.69) is 25.0 Å². The first-order valence-corrected chi connectivity index (χ1v) is 12.3. The van der Waals surface area contributed by atoms with E-state index in [4.69, 9.17) is 0 Å². The molecule has 15 heteroatoms. The van der Waals surface area contributed by atoms with Gasteiger partial charge in [0.2, 0.25) is 0 Å². The molecule has 190 valence electrons. The van der Waals surface area contributed by atoms with E-state index >= 15 is 0 Å². The van der Waals surface area contributed by atoms with E-state index in [1.807, 2.05) is 0 Å². The molecule has 5 rings (SSSR count). The zero-order valence-corrected chi connectivity index (χ0v) is 20.2. The van der Waals surface area contributed by atoms with Crippen molar-refractivity contribution >= 4 is 32.7 Å². The zero-order chi connectivity index (χ0) is 27.0. The minimum absolute atomic E-state index is 0.119. The second-order valence-corrected chi connectivity index (χ2v) is 9.72. The van der Waals surface area contributed by atoms with Gasteiger partial charge in [-0.2, -0.15) is 9.61 Å². The lowest BCUT2D eigenvalue weighted by atomic mass is 10.1. The van der Waals surface area contributed by atoms with Crippen molar-refractivity contribution in [2.24, 2.45) is 0 Å². The van der Waals surface area contributed by atoms with Crippen LogP contribution in [0.1, 0.15) is 5.56 Å². The van der Waals surface area contributed by atoms with E-state index in [9.17, 15) is 28.6 Å². The van der Waals surface area contributed by atoms with E-state index in [1.54, 1.807) is 53.3 Å². The normalized spacial score (nSPS) is 11.4. The van der Waals surface area contributed by atoms with Gasteiger partial charge in [0.1, 0.15) is 10.5 Å². The summed E-state index contributed by atoms with van der Waals surface area (Å²) in [6.07, 6.45) is 3.24. The molecule has 3 heterocycles. The Morgan fingerprint density at radius 3 is 2.21 bits per heavy atom. The summed E-state index contributed by atoms with van der Waals surface area (Å²) in [5.41, 5.74) is 0.794. The smallest absolute Gasteiger partial charge is 0.280 e. The predicted molar refractivity (Wildman–Crippen MR) is 135 cm³/mol. The molecule has 0 saturated carbocycles. The highest BCUT2D eigenvalue weighted by Crippen LogP contribution is 2.32. The van der Waals surface area contributed by atoms with Crippen LogP contribution < -0.4 is 4.72 Å². The van der Waals surface area contributed by atoms with E-state index < -0.39 is 36.1 Å². The summed E-state index contributed by atoms with van der Waals surface area (Å²) in [6, 6.07) is 14.8. The molecular formula is C23H16N8O6S. The number of anilines is 1. The molecule has 0 aliphatic carbocycles. The van der Waals surface area contributed by atoms with Crippen molar-refractivity contribution < 1.29 is 18.3 Å². The van der Waals surface area contributed by atoms with Crippen LogP contribution in [0.2, 0.25) is 0 Å². The second-order valence-electron chi connectivity index (χ2n) is 8.04. The van der Waals surface area contributed by atoms with E-state index in [1.165, 1.54) is 19.1 Å². The van der Waals surface area contributed by atoms with Crippen LogP contribution in [0, 0.1) is 27.2 Å². The number of benzene rings is 2. The number of fused-ring (bicyclic) bond motifs is 1. The van der Waals surface area contributed by atoms with Crippen molar-refractivity contribution in [1.82, 2.24) is 24.8 Å². The standard InChI is InChI=1S/C23H16N8O6S/c1-14-20(30(32)33)12-18(13-21(14)31(34)35)38(36,37)28-17-4-2-3-16(11-17)19-5-6-22-25-26-23(29(22)27-19)15-7-9-24-10-8-15/h2-13,28H,1H3. The highest BCUT2D eigenvalue weighted by Gasteiger charge is 2.28. The molecule has 14 nitrogen and oxygen atoms in total. The fraction of sp³-hybridized carbons (Fsp3) is 0.0435. The molecule has 0 saturated heterocycles. The Labute approximate surface area is 214 Å². The van der Waals surface area contributed by atoms with Gasteiger partial charge in [0.05, 0.1) is 15.5 Å². The summed E-state index contributed by atoms with van der Waals surface area (Å²) < 4.78 is 30.0. The van der Waals surface area contributed by atoms with Crippen LogP contribution >= 0.6 is 0 Å². The van der Waals surface area contributed by atoms with Crippen LogP contribution in [-0.2, 0) is 10.0 Å². The van der Waals surface area contributed by atoms with Crippen LogP contribution in [-0.4, -0.2) is 43.1 Å². The number of aromatic nitrogens is 5. The molecule has 5 aromatic rings. The average Bonchev–Trinajstić information content (AvgIpc) is 3.32. The molecule has 2 aromatic carbocycles. The van der Waals surface area contributed by atoms with Gasteiger partial charge >= 0.3 is 0 Å². The summed E-state index contributed by atoms with van der Waals surface area (Å²) >= 11 is 0. The number of nitro groups is 2. The molecule has 0 spiro atoms. The predicted octanol–water partition coefficient (Wildman–Crippen LogP) is 3.78. The molecule has 0 amide bonds. The Hall–Kier alpha value is -5.31. The van der Waals surface area contributed by atoms with Gasteiger partial charge in [-0.15, -0.1) is 10.2 Å². The minimum atomic E-state index is -4.42. The summed E-state index contributed by atoms with van der Waals surface area (Å²) in [5.74, 6) is 0.490. The molecule has 3 aromatic heterocycles. The molecule has 0 fully saturated rings. The molecule has 1 N–H and O–H groups in total. The molecule has 0 atom stereocenters. The maximum Gasteiger partial charge on any atom is 0.280 e. The fourth-order valence-electron chi connectivity index (χ4n) is 3.77. The molecular weight excluding hydrogens is 516 g/mol. The Morgan fingerprint density at radius 1 is 0.868 bits per heavy atom. The van der Waals surface area contributed by atoms with Gasteiger partial charge in [0.15, 0.2) is 11.5 Å². The minimum Gasteiger partial charge on any atom is -0.280 e. The van der Waals surface area contributed by atoms with Crippen LogP contribution in [0.25, 0.3) is 28.3 Å². The second kappa shape index (κ2) is 9.29. The fourth-order valence-corrected chi connectivity index (χ4v) is 4.86. The Bertz CT molecular complexity index is 1800. The van der Waals surface area contributed by atoms with Crippen molar-refractivity contribution in [3.05, 3.63) is 98.8 Å². The molecule has 0 radical (unpaired) electrons. The molecule has 0 unspecified atom stereocenters. The van der Waals surface area contributed by atoms with Crippen molar-refractivity contribution in [2.75, 3.05) is 4.72 Å². The number of nitrogens with zero attached hydrogens (tertiary/aromatic N) is 7. The Balaban J connectivity index is 1.51. The molecule has 0 bridgehead atoms. The number of sulfonamides is 1. The van der Waals surface area contributed by atoms with Gasteiger partial charge < -0.3 is 0 Å². The van der Waals surface area contributed by atoms with Gasteiger partial charge in [-0.1, -0.05) is 12.1 Å². The first-order chi connectivity index (χ1) is 18.1. The van der Waals surface area contributed by atoms with Crippen LogP contribution in [0.15, 0.2) is 78.0 Å². The lowest BCUT2D eigenvalue weighted by molar-refractivity contribution is -0.395. The third-order valence-corrected chi connectivity index (χ3v) is 7.00. The van der Waals surface area contributed by atoms with E-state index in [0.29, 0.717) is 22.7 Å². The van der Waals surface area contributed by atoms with Crippen molar-refractivity contribution in [3.63, 3.8) is 0 Å². The largest absolute Gasteiger partial charge is 0.280 e. The van der Waals surface area contributed by atoms with E-state index in [0.717, 1.165) is 17.7 Å². The lowest BCUT2D eigenvalue weighted by Gasteiger charge is -2.10. The average molecular weight is 532 g/mol. The van der Waals surface area contributed by atoms with Crippen molar-refractivity contribution in [3.8, 4) is 22.6 Å². The number of nitro benzene ring substituents is 2. The summed E-state index contributed by atoms with van der Waals surface area (Å²) in [4.78, 5) is 24.4. The lowest BCUT2D eigenvalue weighted by Crippen LogP contribution is -2.14. The van der Waals surface area contributed by atoms with Gasteiger partial charge in [0.25, 0.3) is 21.4 Å². The summed E-state index contributed by atoms with van der Waals surface area (Å²) in [5, 5.41) is 35.6. The monoisotopic (exact) mass is 532 g/mol. The third-order valence-electron chi connectivity index (χ3n) is 5.64. The van der Waals surface area contributed by atoms with Gasteiger partial charge in [-0.3, -0.25) is 29.9 Å². The number of rotatable bonds is 7. The molecule has 0 aliphatic heterocycles. The molecule has 0 aliphatic rings. The van der Waals surface area contributed by atoms with Gasteiger partial charge in [-0.25, -0.2) is 8.42 Å². The highest BCUT2D eigenvalue weighted by molar-refractivity contribution is 7.92. The maximum atomic E-state index is 13.1. The SMILES string of the molecule is Cc1c([N+](=O)[O-])cc(S(=O)(=O)Nc2cccc(-c3ccc4nnc(-c5ccncc5)n4n3)c2)cc1[N+](=O)[O-].